The van der Waals surface area contributed by atoms with Gasteiger partial charge < -0.3 is 0 Å². The van der Waals surface area contributed by atoms with Crippen LogP contribution in [0.25, 0.3) is 44.5 Å². The molecule has 0 fully saturated rings. The molecule has 154 valence electrons. The van der Waals surface area contributed by atoms with Crippen LogP contribution in [0.2, 0.25) is 5.02 Å². The highest BCUT2D eigenvalue weighted by Gasteiger charge is 2.05. The Hall–Kier alpha value is -3.61. The molecule has 0 nitrogen and oxygen atoms in total. The highest BCUT2D eigenvalue weighted by atomic mass is 35.5. The fourth-order valence-electron chi connectivity index (χ4n) is 4.10. The lowest BCUT2D eigenvalue weighted by atomic mass is 9.95. The molecule has 5 aromatic carbocycles. The fraction of sp³-hybridized carbons (Fsp3) is 0.0323. The summed E-state index contributed by atoms with van der Waals surface area (Å²) in [6.07, 6.45) is 0. The summed E-state index contributed by atoms with van der Waals surface area (Å²) in [5.41, 5.74) is 10.9. The Labute approximate surface area is 194 Å². The second-order valence-corrected chi connectivity index (χ2v) is 8.56. The van der Waals surface area contributed by atoms with Crippen LogP contribution in [-0.4, -0.2) is 0 Å². The lowest BCUT2D eigenvalue weighted by Gasteiger charge is -2.09. The largest absolute Gasteiger partial charge is 0.0843 e. The average Bonchev–Trinajstić information content (AvgIpc) is 2.84. The van der Waals surface area contributed by atoms with Crippen molar-refractivity contribution in [3.05, 3.63) is 132 Å². The number of benzene rings is 5. The van der Waals surface area contributed by atoms with Gasteiger partial charge in [0.25, 0.3) is 0 Å². The molecule has 0 saturated carbocycles. The molecular weight excluding hydrogens is 408 g/mol. The normalized spacial score (nSPS) is 10.8. The molecule has 0 bridgehead atoms. The van der Waals surface area contributed by atoms with E-state index in [1.165, 1.54) is 44.5 Å². The van der Waals surface area contributed by atoms with Crippen molar-refractivity contribution in [1.29, 1.82) is 0 Å². The van der Waals surface area contributed by atoms with Gasteiger partial charge in [-0.3, -0.25) is 0 Å². The monoisotopic (exact) mass is 430 g/mol. The molecule has 32 heavy (non-hydrogen) atoms. The maximum atomic E-state index is 6.19. The number of rotatable bonds is 4. The predicted octanol–water partition coefficient (Wildman–Crippen LogP) is 9.32. The third kappa shape index (κ3) is 4.37. The first-order valence-electron chi connectivity index (χ1n) is 10.8. The molecule has 0 aliphatic heterocycles. The van der Waals surface area contributed by atoms with Gasteiger partial charge in [0.2, 0.25) is 0 Å². The van der Waals surface area contributed by atoms with Crippen LogP contribution in [-0.2, 0) is 0 Å². The molecule has 0 radical (unpaired) electrons. The molecule has 0 aromatic heterocycles. The van der Waals surface area contributed by atoms with Crippen LogP contribution in [0.3, 0.4) is 0 Å². The lowest BCUT2D eigenvalue weighted by molar-refractivity contribution is 1.47. The molecular formula is C31H23Cl. The van der Waals surface area contributed by atoms with E-state index >= 15 is 0 Å². The van der Waals surface area contributed by atoms with Gasteiger partial charge in [0.15, 0.2) is 0 Å². The quantitative estimate of drug-likeness (QED) is 0.266. The van der Waals surface area contributed by atoms with E-state index in [-0.39, 0.29) is 0 Å². The summed E-state index contributed by atoms with van der Waals surface area (Å²) < 4.78 is 0. The SMILES string of the molecule is Cc1cccc(-c2cccc(-c3ccc(-c4cccc(-c5cccc(Cl)c5)c4)cc3)c2)c1. The van der Waals surface area contributed by atoms with Crippen molar-refractivity contribution in [2.45, 2.75) is 6.92 Å². The Morgan fingerprint density at radius 2 is 0.750 bits per heavy atom. The molecule has 1 heteroatoms. The summed E-state index contributed by atoms with van der Waals surface area (Å²) >= 11 is 6.19. The molecule has 5 rings (SSSR count). The Morgan fingerprint density at radius 1 is 0.375 bits per heavy atom. The Kier molecular flexibility index (Phi) is 5.62. The van der Waals surface area contributed by atoms with E-state index in [4.69, 9.17) is 11.6 Å². The minimum atomic E-state index is 0.755. The Bertz CT molecular complexity index is 1270. The van der Waals surface area contributed by atoms with Gasteiger partial charge >= 0.3 is 0 Å². The van der Waals surface area contributed by atoms with E-state index < -0.39 is 0 Å². The summed E-state index contributed by atoms with van der Waals surface area (Å²) in [5.74, 6) is 0. The number of hydrogen-bond donors (Lipinski definition) is 0. The average molecular weight is 431 g/mol. The van der Waals surface area contributed by atoms with Crippen LogP contribution < -0.4 is 0 Å². The van der Waals surface area contributed by atoms with Crippen LogP contribution in [0.15, 0.2) is 121 Å². The molecule has 0 aliphatic rings. The van der Waals surface area contributed by atoms with E-state index in [2.05, 4.69) is 110 Å². The minimum absolute atomic E-state index is 0.755. The summed E-state index contributed by atoms with van der Waals surface area (Å²) in [6, 6.07) is 42.8. The van der Waals surface area contributed by atoms with Crippen LogP contribution in [0.1, 0.15) is 5.56 Å². The third-order valence-electron chi connectivity index (χ3n) is 5.79. The second kappa shape index (κ2) is 8.86. The smallest absolute Gasteiger partial charge is 0.0412 e. The Balaban J connectivity index is 1.44. The zero-order valence-corrected chi connectivity index (χ0v) is 18.7. The van der Waals surface area contributed by atoms with E-state index in [9.17, 15) is 0 Å². The number of hydrogen-bond acceptors (Lipinski definition) is 0. The van der Waals surface area contributed by atoms with Gasteiger partial charge in [-0.25, -0.2) is 0 Å². The molecule has 0 saturated heterocycles. The van der Waals surface area contributed by atoms with Gasteiger partial charge in [-0.2, -0.15) is 0 Å². The fourth-order valence-corrected chi connectivity index (χ4v) is 4.29. The first-order chi connectivity index (χ1) is 15.7. The highest BCUT2D eigenvalue weighted by Crippen LogP contribution is 2.31. The summed E-state index contributed by atoms with van der Waals surface area (Å²) in [7, 11) is 0. The molecule has 0 amide bonds. The summed E-state index contributed by atoms with van der Waals surface area (Å²) in [4.78, 5) is 0. The van der Waals surface area contributed by atoms with Gasteiger partial charge in [-0.1, -0.05) is 114 Å². The van der Waals surface area contributed by atoms with Crippen LogP contribution in [0.4, 0.5) is 0 Å². The van der Waals surface area contributed by atoms with Crippen LogP contribution >= 0.6 is 11.6 Å². The van der Waals surface area contributed by atoms with E-state index in [0.29, 0.717) is 0 Å². The van der Waals surface area contributed by atoms with E-state index in [0.717, 1.165) is 10.6 Å². The zero-order chi connectivity index (χ0) is 21.9. The molecule has 5 aromatic rings. The van der Waals surface area contributed by atoms with Gasteiger partial charge in [0, 0.05) is 5.02 Å². The summed E-state index contributed by atoms with van der Waals surface area (Å²) in [6.45, 7) is 2.13. The number of halogens is 1. The van der Waals surface area contributed by atoms with Gasteiger partial charge in [0.1, 0.15) is 0 Å². The molecule has 0 N–H and O–H groups in total. The van der Waals surface area contributed by atoms with Crippen molar-refractivity contribution >= 4 is 11.6 Å². The maximum absolute atomic E-state index is 6.19. The van der Waals surface area contributed by atoms with Crippen molar-refractivity contribution in [3.63, 3.8) is 0 Å². The first-order valence-corrected chi connectivity index (χ1v) is 11.2. The van der Waals surface area contributed by atoms with E-state index in [1.807, 2.05) is 18.2 Å². The molecule has 0 heterocycles. The topological polar surface area (TPSA) is 0 Å². The maximum Gasteiger partial charge on any atom is 0.0412 e. The standard InChI is InChI=1S/C31H23Cl/c1-22-6-2-7-25(18-22)28-10-3-8-26(19-28)23-14-16-24(17-15-23)27-9-4-11-29(20-27)30-12-5-13-31(32)21-30/h2-21H,1H3. The molecule has 0 unspecified atom stereocenters. The van der Waals surface area contributed by atoms with Gasteiger partial charge in [0.05, 0.1) is 0 Å². The second-order valence-electron chi connectivity index (χ2n) is 8.12. The summed E-state index contributed by atoms with van der Waals surface area (Å²) in [5, 5.41) is 0.755. The van der Waals surface area contributed by atoms with Crippen LogP contribution in [0.5, 0.6) is 0 Å². The van der Waals surface area contributed by atoms with Crippen molar-refractivity contribution in [1.82, 2.24) is 0 Å². The van der Waals surface area contributed by atoms with Crippen molar-refractivity contribution < 1.29 is 0 Å². The van der Waals surface area contributed by atoms with E-state index in [1.54, 1.807) is 0 Å². The van der Waals surface area contributed by atoms with Gasteiger partial charge in [-0.15, -0.1) is 0 Å². The van der Waals surface area contributed by atoms with Gasteiger partial charge in [-0.05, 0) is 75.7 Å². The van der Waals surface area contributed by atoms with Crippen molar-refractivity contribution in [2.24, 2.45) is 0 Å². The van der Waals surface area contributed by atoms with Crippen LogP contribution in [0, 0.1) is 6.92 Å². The Morgan fingerprint density at radius 3 is 1.22 bits per heavy atom. The first kappa shape index (κ1) is 20.3. The lowest BCUT2D eigenvalue weighted by Crippen LogP contribution is -1.84. The zero-order valence-electron chi connectivity index (χ0n) is 17.9. The molecule has 0 atom stereocenters. The van der Waals surface area contributed by atoms with Crippen molar-refractivity contribution in [2.75, 3.05) is 0 Å². The van der Waals surface area contributed by atoms with Crippen molar-refractivity contribution in [3.8, 4) is 44.5 Å². The predicted molar refractivity (Wildman–Crippen MR) is 138 cm³/mol. The third-order valence-corrected chi connectivity index (χ3v) is 6.02. The molecule has 0 aliphatic carbocycles. The molecule has 0 spiro atoms. The highest BCUT2D eigenvalue weighted by molar-refractivity contribution is 6.30. The minimum Gasteiger partial charge on any atom is -0.0843 e. The number of aryl methyl sites for hydroxylation is 1.